The Bertz CT molecular complexity index is 1320. The first-order valence-electron chi connectivity index (χ1n) is 13.0. The number of ether oxygens (including phenoxy) is 3. The average Bonchev–Trinajstić information content (AvgIpc) is 3.25. The lowest BCUT2D eigenvalue weighted by atomic mass is 9.95. The second-order valence-electron chi connectivity index (χ2n) is 9.52. The Kier molecular flexibility index (Phi) is 8.24. The Morgan fingerprint density at radius 2 is 1.56 bits per heavy atom. The number of ketones is 1. The number of amides is 1. The molecule has 0 bridgehead atoms. The van der Waals surface area contributed by atoms with Crippen LogP contribution in [0, 0.1) is 0 Å². The number of methoxy groups -OCH3 is 1. The van der Waals surface area contributed by atoms with E-state index >= 15 is 0 Å². The second kappa shape index (κ2) is 12.1. The fourth-order valence-electron chi connectivity index (χ4n) is 4.92. The second-order valence-corrected chi connectivity index (χ2v) is 9.52. The summed E-state index contributed by atoms with van der Waals surface area (Å²) in [6, 6.07) is 23.3. The third-order valence-corrected chi connectivity index (χ3v) is 7.11. The fourth-order valence-corrected chi connectivity index (χ4v) is 4.92. The SMILES string of the molecule is COc1ccc(C(O)=C2C(=O)C(=O)N(CCN3CCOCC3)C2c2ccc(OCc3ccccc3)cc2)cc1. The van der Waals surface area contributed by atoms with Crippen LogP contribution in [0.5, 0.6) is 11.5 Å². The van der Waals surface area contributed by atoms with E-state index in [-0.39, 0.29) is 11.3 Å². The van der Waals surface area contributed by atoms with Gasteiger partial charge in [-0.25, -0.2) is 0 Å². The number of Topliss-reactive ketones (excluding diaryl/α,β-unsaturated/α-hetero) is 1. The van der Waals surface area contributed by atoms with E-state index in [2.05, 4.69) is 4.90 Å². The number of aliphatic hydroxyl groups is 1. The molecule has 3 aromatic rings. The fraction of sp³-hybridized carbons (Fsp3) is 0.290. The molecule has 1 N–H and O–H groups in total. The van der Waals surface area contributed by atoms with Crippen molar-refractivity contribution in [1.29, 1.82) is 0 Å². The van der Waals surface area contributed by atoms with Gasteiger partial charge in [0.2, 0.25) is 0 Å². The number of aliphatic hydroxyl groups excluding tert-OH is 1. The molecule has 0 aromatic heterocycles. The Morgan fingerprint density at radius 1 is 0.897 bits per heavy atom. The summed E-state index contributed by atoms with van der Waals surface area (Å²) in [7, 11) is 1.56. The predicted octanol–water partition coefficient (Wildman–Crippen LogP) is 4.03. The van der Waals surface area contributed by atoms with E-state index in [0.717, 1.165) is 24.2 Å². The van der Waals surface area contributed by atoms with Gasteiger partial charge in [0.15, 0.2) is 0 Å². The minimum absolute atomic E-state index is 0.0742. The van der Waals surface area contributed by atoms with E-state index < -0.39 is 17.7 Å². The van der Waals surface area contributed by atoms with Crippen molar-refractivity contribution >= 4 is 17.4 Å². The summed E-state index contributed by atoms with van der Waals surface area (Å²) in [5.41, 5.74) is 2.29. The van der Waals surface area contributed by atoms with Crippen molar-refractivity contribution < 1.29 is 28.9 Å². The van der Waals surface area contributed by atoms with Gasteiger partial charge in [0.25, 0.3) is 11.7 Å². The molecule has 2 fully saturated rings. The van der Waals surface area contributed by atoms with Gasteiger partial charge in [-0.05, 0) is 47.5 Å². The number of morpholine rings is 1. The Morgan fingerprint density at radius 3 is 2.23 bits per heavy atom. The lowest BCUT2D eigenvalue weighted by molar-refractivity contribution is -0.140. The van der Waals surface area contributed by atoms with Gasteiger partial charge in [-0.3, -0.25) is 14.5 Å². The lowest BCUT2D eigenvalue weighted by Gasteiger charge is -2.31. The number of benzene rings is 3. The number of hydrogen-bond donors (Lipinski definition) is 1. The van der Waals surface area contributed by atoms with Crippen molar-refractivity contribution in [3.63, 3.8) is 0 Å². The third kappa shape index (κ3) is 5.97. The van der Waals surface area contributed by atoms with Crippen LogP contribution < -0.4 is 9.47 Å². The monoisotopic (exact) mass is 528 g/mol. The van der Waals surface area contributed by atoms with Crippen LogP contribution in [0.4, 0.5) is 0 Å². The number of rotatable bonds is 9. The van der Waals surface area contributed by atoms with E-state index in [1.807, 2.05) is 54.6 Å². The summed E-state index contributed by atoms with van der Waals surface area (Å²) >= 11 is 0. The van der Waals surface area contributed by atoms with Crippen LogP contribution in [0.3, 0.4) is 0 Å². The highest BCUT2D eigenvalue weighted by Crippen LogP contribution is 2.40. The van der Waals surface area contributed by atoms with Gasteiger partial charge >= 0.3 is 0 Å². The van der Waals surface area contributed by atoms with Crippen molar-refractivity contribution in [2.24, 2.45) is 0 Å². The molecule has 5 rings (SSSR count). The molecule has 202 valence electrons. The molecule has 39 heavy (non-hydrogen) atoms. The van der Waals surface area contributed by atoms with Crippen LogP contribution in [0.2, 0.25) is 0 Å². The average molecular weight is 529 g/mol. The van der Waals surface area contributed by atoms with E-state index in [0.29, 0.717) is 50.0 Å². The van der Waals surface area contributed by atoms with Gasteiger partial charge in [0.1, 0.15) is 23.9 Å². The molecule has 2 saturated heterocycles. The molecule has 0 saturated carbocycles. The Balaban J connectivity index is 1.44. The van der Waals surface area contributed by atoms with Crippen molar-refractivity contribution in [3.8, 4) is 11.5 Å². The summed E-state index contributed by atoms with van der Waals surface area (Å²) in [6.07, 6.45) is 0. The molecular weight excluding hydrogens is 496 g/mol. The van der Waals surface area contributed by atoms with E-state index in [9.17, 15) is 14.7 Å². The van der Waals surface area contributed by atoms with Gasteiger partial charge < -0.3 is 24.2 Å². The molecule has 8 nitrogen and oxygen atoms in total. The molecule has 0 radical (unpaired) electrons. The highest BCUT2D eigenvalue weighted by molar-refractivity contribution is 6.46. The summed E-state index contributed by atoms with van der Waals surface area (Å²) < 4.78 is 16.6. The topological polar surface area (TPSA) is 88.5 Å². The van der Waals surface area contributed by atoms with Gasteiger partial charge in [-0.2, -0.15) is 0 Å². The van der Waals surface area contributed by atoms with Crippen LogP contribution in [-0.2, 0) is 20.9 Å². The molecule has 0 aliphatic carbocycles. The number of nitrogens with zero attached hydrogens (tertiary/aromatic N) is 2. The maximum atomic E-state index is 13.3. The molecule has 1 atom stereocenters. The molecule has 0 spiro atoms. The molecule has 1 unspecified atom stereocenters. The largest absolute Gasteiger partial charge is 0.507 e. The highest BCUT2D eigenvalue weighted by Gasteiger charge is 2.46. The Hall–Kier alpha value is -4.14. The first-order valence-corrected chi connectivity index (χ1v) is 13.0. The maximum absolute atomic E-state index is 13.3. The molecular formula is C31H32N2O6. The van der Waals surface area contributed by atoms with Gasteiger partial charge in [-0.15, -0.1) is 0 Å². The molecule has 1 amide bonds. The number of likely N-dealkylation sites (tertiary alicyclic amines) is 1. The standard InChI is InChI=1S/C31H32N2O6/c1-37-25-11-9-24(10-12-25)29(34)27-28(33(31(36)30(27)35)16-15-32-17-19-38-20-18-32)23-7-13-26(14-8-23)39-21-22-5-3-2-4-6-22/h2-14,28,34H,15-21H2,1H3. The quantitative estimate of drug-likeness (QED) is 0.255. The predicted molar refractivity (Wildman–Crippen MR) is 146 cm³/mol. The third-order valence-electron chi connectivity index (χ3n) is 7.11. The van der Waals surface area contributed by atoms with Crippen LogP contribution >= 0.6 is 0 Å². The van der Waals surface area contributed by atoms with E-state index in [1.54, 1.807) is 36.3 Å². The smallest absolute Gasteiger partial charge is 0.295 e. The maximum Gasteiger partial charge on any atom is 0.295 e. The summed E-state index contributed by atoms with van der Waals surface area (Å²) in [4.78, 5) is 30.4. The molecule has 2 aliphatic rings. The summed E-state index contributed by atoms with van der Waals surface area (Å²) in [5, 5.41) is 11.3. The van der Waals surface area contributed by atoms with Crippen molar-refractivity contribution in [2.45, 2.75) is 12.6 Å². The van der Waals surface area contributed by atoms with Crippen LogP contribution in [0.1, 0.15) is 22.7 Å². The van der Waals surface area contributed by atoms with Crippen molar-refractivity contribution in [2.75, 3.05) is 46.5 Å². The van der Waals surface area contributed by atoms with Crippen LogP contribution in [-0.4, -0.2) is 73.1 Å². The van der Waals surface area contributed by atoms with Crippen LogP contribution in [0.15, 0.2) is 84.4 Å². The number of carbonyl (C=O) groups is 2. The molecule has 2 aliphatic heterocycles. The molecule has 8 heteroatoms. The highest BCUT2D eigenvalue weighted by atomic mass is 16.5. The number of hydrogen-bond acceptors (Lipinski definition) is 7. The zero-order chi connectivity index (χ0) is 27.2. The summed E-state index contributed by atoms with van der Waals surface area (Å²) in [6.45, 7) is 4.21. The number of carbonyl (C=O) groups excluding carboxylic acids is 2. The first-order chi connectivity index (χ1) is 19.0. The zero-order valence-corrected chi connectivity index (χ0v) is 21.9. The van der Waals surface area contributed by atoms with E-state index in [1.165, 1.54) is 0 Å². The normalized spacial score (nSPS) is 19.3. The lowest BCUT2D eigenvalue weighted by Crippen LogP contribution is -2.42. The van der Waals surface area contributed by atoms with Crippen LogP contribution in [0.25, 0.3) is 5.76 Å². The van der Waals surface area contributed by atoms with Gasteiger partial charge in [-0.1, -0.05) is 42.5 Å². The minimum atomic E-state index is -0.726. The Labute approximate surface area is 228 Å². The van der Waals surface area contributed by atoms with E-state index in [4.69, 9.17) is 14.2 Å². The van der Waals surface area contributed by atoms with Gasteiger partial charge in [0.05, 0.1) is 31.9 Å². The molecule has 3 aromatic carbocycles. The zero-order valence-electron chi connectivity index (χ0n) is 21.9. The molecule has 2 heterocycles. The van der Waals surface area contributed by atoms with Crippen molar-refractivity contribution in [3.05, 3.63) is 101 Å². The first kappa shape index (κ1) is 26.5. The minimum Gasteiger partial charge on any atom is -0.507 e. The summed E-state index contributed by atoms with van der Waals surface area (Å²) in [5.74, 6) is -0.227. The van der Waals surface area contributed by atoms with Crippen molar-refractivity contribution in [1.82, 2.24) is 9.80 Å². The van der Waals surface area contributed by atoms with Gasteiger partial charge in [0, 0.05) is 31.7 Å².